The maximum Gasteiger partial charge on any atom is 0.0579 e. The molecule has 0 aliphatic carbocycles. The minimum Gasteiger partial charge on any atom is -0.301 e. The normalized spacial score (nSPS) is 11.0. The minimum absolute atomic E-state index is 0.183. The highest BCUT2D eigenvalue weighted by molar-refractivity contribution is 5.31. The summed E-state index contributed by atoms with van der Waals surface area (Å²) in [5, 5.41) is 7.85. The van der Waals surface area contributed by atoms with Crippen molar-refractivity contribution in [1.82, 2.24) is 15.1 Å². The Morgan fingerprint density at radius 1 is 0.905 bits per heavy atom. The van der Waals surface area contributed by atoms with E-state index in [1.807, 2.05) is 36.1 Å². The molecule has 0 bridgehead atoms. The average Bonchev–Trinajstić information content (AvgIpc) is 2.95. The van der Waals surface area contributed by atoms with Crippen molar-refractivity contribution in [2.24, 2.45) is 7.05 Å². The van der Waals surface area contributed by atoms with E-state index in [2.05, 4.69) is 58.9 Å². The first-order valence-corrected chi connectivity index (χ1v) is 7.15. The van der Waals surface area contributed by atoms with Crippen LogP contribution in [0.1, 0.15) is 22.9 Å². The van der Waals surface area contributed by atoms with Crippen molar-refractivity contribution < 1.29 is 0 Å². The number of hydrogen-bond acceptors (Lipinski definition) is 2. The highest BCUT2D eigenvalue weighted by Gasteiger charge is 2.13. The Morgan fingerprint density at radius 2 is 1.48 bits per heavy atom. The number of nitrogens with one attached hydrogen (secondary N) is 1. The van der Waals surface area contributed by atoms with E-state index >= 15 is 0 Å². The van der Waals surface area contributed by atoms with E-state index in [1.165, 1.54) is 16.8 Å². The zero-order chi connectivity index (χ0) is 14.5. The largest absolute Gasteiger partial charge is 0.301 e. The van der Waals surface area contributed by atoms with Crippen LogP contribution in [-0.4, -0.2) is 9.78 Å². The zero-order valence-electron chi connectivity index (χ0n) is 12.1. The fourth-order valence-corrected chi connectivity index (χ4v) is 2.50. The lowest BCUT2D eigenvalue weighted by Gasteiger charge is -2.20. The lowest BCUT2D eigenvalue weighted by Crippen LogP contribution is -2.23. The van der Waals surface area contributed by atoms with Gasteiger partial charge in [0.1, 0.15) is 0 Å². The number of rotatable bonds is 5. The van der Waals surface area contributed by atoms with Gasteiger partial charge in [-0.15, -0.1) is 0 Å². The van der Waals surface area contributed by atoms with Gasteiger partial charge in [0.15, 0.2) is 0 Å². The molecule has 0 unspecified atom stereocenters. The summed E-state index contributed by atoms with van der Waals surface area (Å²) in [6.07, 6.45) is 1.83. The summed E-state index contributed by atoms with van der Waals surface area (Å²) in [5.74, 6) is 0. The van der Waals surface area contributed by atoms with Crippen LogP contribution in [0, 0.1) is 0 Å². The fraction of sp³-hybridized carbons (Fsp3) is 0.167. The van der Waals surface area contributed by atoms with Crippen LogP contribution in [-0.2, 0) is 13.6 Å². The summed E-state index contributed by atoms with van der Waals surface area (Å²) in [7, 11) is 1.97. The van der Waals surface area contributed by atoms with Crippen LogP contribution in [0.15, 0.2) is 72.9 Å². The molecule has 0 aliphatic heterocycles. The Labute approximate surface area is 125 Å². The third-order valence-corrected chi connectivity index (χ3v) is 3.68. The van der Waals surface area contributed by atoms with E-state index in [9.17, 15) is 0 Å². The number of benzene rings is 2. The van der Waals surface area contributed by atoms with E-state index in [-0.39, 0.29) is 6.04 Å². The predicted octanol–water partition coefficient (Wildman–Crippen LogP) is 3.30. The Kier molecular flexibility index (Phi) is 4.12. The first-order chi connectivity index (χ1) is 10.3. The zero-order valence-corrected chi connectivity index (χ0v) is 12.1. The van der Waals surface area contributed by atoms with E-state index in [4.69, 9.17) is 0 Å². The lowest BCUT2D eigenvalue weighted by atomic mass is 9.99. The Hall–Kier alpha value is -2.39. The molecule has 0 atom stereocenters. The molecule has 106 valence electrons. The molecule has 3 rings (SSSR count). The van der Waals surface area contributed by atoms with Gasteiger partial charge in [-0.05, 0) is 17.2 Å². The van der Waals surface area contributed by atoms with Crippen molar-refractivity contribution in [3.8, 4) is 0 Å². The van der Waals surface area contributed by atoms with Crippen molar-refractivity contribution in [3.05, 3.63) is 89.7 Å². The number of hydrogen-bond donors (Lipinski definition) is 1. The number of aromatic nitrogens is 2. The number of aryl methyl sites for hydroxylation is 1. The standard InChI is InChI=1S/C18H19N3/c1-21-17(12-13-20-21)14-19-18(15-8-4-2-5-9-15)16-10-6-3-7-11-16/h2-13,18-19H,14H2,1H3. The van der Waals surface area contributed by atoms with E-state index in [0.717, 1.165) is 6.54 Å². The van der Waals surface area contributed by atoms with Crippen LogP contribution in [0.5, 0.6) is 0 Å². The first-order valence-electron chi connectivity index (χ1n) is 7.15. The molecule has 0 amide bonds. The molecular weight excluding hydrogens is 258 g/mol. The summed E-state index contributed by atoms with van der Waals surface area (Å²) in [4.78, 5) is 0. The molecule has 21 heavy (non-hydrogen) atoms. The van der Waals surface area contributed by atoms with Gasteiger partial charge < -0.3 is 5.32 Å². The van der Waals surface area contributed by atoms with Crippen molar-refractivity contribution >= 4 is 0 Å². The molecule has 0 saturated carbocycles. The van der Waals surface area contributed by atoms with Crippen molar-refractivity contribution in [2.45, 2.75) is 12.6 Å². The highest BCUT2D eigenvalue weighted by Crippen LogP contribution is 2.22. The van der Waals surface area contributed by atoms with Crippen LogP contribution >= 0.6 is 0 Å². The Bertz CT molecular complexity index is 634. The van der Waals surface area contributed by atoms with Crippen molar-refractivity contribution in [3.63, 3.8) is 0 Å². The summed E-state index contributed by atoms with van der Waals surface area (Å²) in [6.45, 7) is 0.783. The molecule has 0 spiro atoms. The monoisotopic (exact) mass is 277 g/mol. The van der Waals surface area contributed by atoms with Gasteiger partial charge in [-0.2, -0.15) is 5.10 Å². The molecule has 0 saturated heterocycles. The molecule has 1 heterocycles. The van der Waals surface area contributed by atoms with E-state index < -0.39 is 0 Å². The van der Waals surface area contributed by atoms with Gasteiger partial charge in [-0.3, -0.25) is 4.68 Å². The fourth-order valence-electron chi connectivity index (χ4n) is 2.50. The summed E-state index contributed by atoms with van der Waals surface area (Å²) in [5.41, 5.74) is 3.71. The molecule has 3 heteroatoms. The maximum atomic E-state index is 4.22. The smallest absolute Gasteiger partial charge is 0.0579 e. The van der Waals surface area contributed by atoms with E-state index in [1.54, 1.807) is 0 Å². The molecular formula is C18H19N3. The molecule has 0 fully saturated rings. The molecule has 3 aromatic rings. The van der Waals surface area contributed by atoms with Gasteiger partial charge in [0, 0.05) is 19.8 Å². The van der Waals surface area contributed by atoms with Gasteiger partial charge in [-0.1, -0.05) is 60.7 Å². The van der Waals surface area contributed by atoms with Crippen LogP contribution in [0.4, 0.5) is 0 Å². The summed E-state index contributed by atoms with van der Waals surface area (Å²) in [6, 6.07) is 23.3. The third-order valence-electron chi connectivity index (χ3n) is 3.68. The molecule has 0 radical (unpaired) electrons. The lowest BCUT2D eigenvalue weighted by molar-refractivity contribution is 0.571. The van der Waals surface area contributed by atoms with Crippen LogP contribution in [0.3, 0.4) is 0 Å². The van der Waals surface area contributed by atoms with Gasteiger partial charge in [-0.25, -0.2) is 0 Å². The average molecular weight is 277 g/mol. The van der Waals surface area contributed by atoms with Gasteiger partial charge >= 0.3 is 0 Å². The molecule has 1 aromatic heterocycles. The minimum atomic E-state index is 0.183. The van der Waals surface area contributed by atoms with Crippen LogP contribution < -0.4 is 5.32 Å². The SMILES string of the molecule is Cn1nccc1CNC(c1ccccc1)c1ccccc1. The number of nitrogens with zero attached hydrogens (tertiary/aromatic N) is 2. The second-order valence-corrected chi connectivity index (χ2v) is 5.08. The highest BCUT2D eigenvalue weighted by atomic mass is 15.3. The van der Waals surface area contributed by atoms with Crippen molar-refractivity contribution in [2.75, 3.05) is 0 Å². The van der Waals surface area contributed by atoms with Gasteiger partial charge in [0.25, 0.3) is 0 Å². The first kappa shape index (κ1) is 13.6. The van der Waals surface area contributed by atoms with Gasteiger partial charge in [0.05, 0.1) is 11.7 Å². The summed E-state index contributed by atoms with van der Waals surface area (Å²) >= 11 is 0. The quantitative estimate of drug-likeness (QED) is 0.775. The topological polar surface area (TPSA) is 29.9 Å². The summed E-state index contributed by atoms with van der Waals surface area (Å²) < 4.78 is 1.90. The van der Waals surface area contributed by atoms with Gasteiger partial charge in [0.2, 0.25) is 0 Å². The second kappa shape index (κ2) is 6.37. The Morgan fingerprint density at radius 3 is 1.95 bits per heavy atom. The predicted molar refractivity (Wildman–Crippen MR) is 84.8 cm³/mol. The third kappa shape index (κ3) is 3.20. The second-order valence-electron chi connectivity index (χ2n) is 5.08. The molecule has 3 nitrogen and oxygen atoms in total. The Balaban J connectivity index is 1.85. The van der Waals surface area contributed by atoms with Crippen molar-refractivity contribution in [1.29, 1.82) is 0 Å². The van der Waals surface area contributed by atoms with Crippen LogP contribution in [0.2, 0.25) is 0 Å². The molecule has 1 N–H and O–H groups in total. The maximum absolute atomic E-state index is 4.22. The molecule has 0 aliphatic rings. The van der Waals surface area contributed by atoms with E-state index in [0.29, 0.717) is 0 Å². The van der Waals surface area contributed by atoms with Crippen LogP contribution in [0.25, 0.3) is 0 Å². The molecule has 2 aromatic carbocycles.